The van der Waals surface area contributed by atoms with Crippen LogP contribution < -0.4 is 10.9 Å². The van der Waals surface area contributed by atoms with Gasteiger partial charge in [0.05, 0.1) is 22.8 Å². The molecule has 1 N–H and O–H groups in total. The van der Waals surface area contributed by atoms with E-state index in [9.17, 15) is 14.0 Å². The number of fused-ring (bicyclic) bond motifs is 2. The van der Waals surface area contributed by atoms with E-state index in [2.05, 4.69) is 20.5 Å². The summed E-state index contributed by atoms with van der Waals surface area (Å²) in [5.74, 6) is 0.471. The molecule has 8 nitrogen and oxygen atoms in total. The van der Waals surface area contributed by atoms with Crippen LogP contribution in [0.25, 0.3) is 22.3 Å². The number of aryl methyl sites for hydroxylation is 1. The molecule has 0 unspecified atom stereocenters. The second kappa shape index (κ2) is 8.33. The van der Waals surface area contributed by atoms with Gasteiger partial charge in [0.15, 0.2) is 5.82 Å². The van der Waals surface area contributed by atoms with Crippen LogP contribution in [-0.4, -0.2) is 30.2 Å². The molecule has 0 radical (unpaired) electrons. The first-order valence-corrected chi connectivity index (χ1v) is 10.6. The summed E-state index contributed by atoms with van der Waals surface area (Å²) >= 11 is 0. The first-order chi connectivity index (χ1) is 15.6. The zero-order valence-electron chi connectivity index (χ0n) is 17.3. The van der Waals surface area contributed by atoms with E-state index in [0.29, 0.717) is 22.4 Å². The Labute approximate surface area is 182 Å². The largest absolute Gasteiger partial charge is 0.325 e. The lowest BCUT2D eigenvalue weighted by atomic mass is 10.1. The van der Waals surface area contributed by atoms with Gasteiger partial charge in [-0.05, 0) is 43.2 Å². The van der Waals surface area contributed by atoms with Crippen molar-refractivity contribution in [2.75, 3.05) is 5.32 Å². The second-order valence-electron chi connectivity index (χ2n) is 7.84. The van der Waals surface area contributed by atoms with Crippen LogP contribution in [-0.2, 0) is 24.3 Å². The molecule has 0 saturated heterocycles. The fourth-order valence-electron chi connectivity index (χ4n) is 4.03. The molecular formula is C23H21FN6O2. The molecular weight excluding hydrogens is 411 g/mol. The van der Waals surface area contributed by atoms with Crippen LogP contribution >= 0.6 is 0 Å². The van der Waals surface area contributed by atoms with Gasteiger partial charge in [-0.2, -0.15) is 0 Å². The summed E-state index contributed by atoms with van der Waals surface area (Å²) in [5, 5.41) is 11.6. The fourth-order valence-corrected chi connectivity index (χ4v) is 4.03. The highest BCUT2D eigenvalue weighted by molar-refractivity contribution is 5.91. The Hall–Kier alpha value is -3.88. The van der Waals surface area contributed by atoms with Crippen LogP contribution in [0.1, 0.15) is 25.1 Å². The van der Waals surface area contributed by atoms with Gasteiger partial charge < -0.3 is 9.88 Å². The summed E-state index contributed by atoms with van der Waals surface area (Å²) in [6, 6.07) is 11.3. The monoisotopic (exact) mass is 432 g/mol. The quantitative estimate of drug-likeness (QED) is 0.535. The average Bonchev–Trinajstić information content (AvgIpc) is 3.04. The van der Waals surface area contributed by atoms with Gasteiger partial charge in [0, 0.05) is 18.7 Å². The van der Waals surface area contributed by atoms with Crippen molar-refractivity contribution in [1.82, 2.24) is 24.3 Å². The normalized spacial score (nSPS) is 13.5. The highest BCUT2D eigenvalue weighted by Gasteiger charge is 2.19. The van der Waals surface area contributed by atoms with E-state index >= 15 is 0 Å². The van der Waals surface area contributed by atoms with Crippen LogP contribution in [0.2, 0.25) is 0 Å². The molecule has 0 atom stereocenters. The molecule has 3 heterocycles. The second-order valence-corrected chi connectivity index (χ2v) is 7.84. The lowest BCUT2D eigenvalue weighted by Gasteiger charge is -2.11. The summed E-state index contributed by atoms with van der Waals surface area (Å²) < 4.78 is 17.8. The summed E-state index contributed by atoms with van der Waals surface area (Å²) in [6.45, 7) is 0.537. The molecule has 2 aromatic carbocycles. The number of nitrogens with zero attached hydrogens (tertiary/aromatic N) is 5. The standard InChI is InChI=1S/C23H21FN6O2/c24-18-10-9-15(12-17(18)22-28-27-20-8-2-1-5-11-30(20)22)26-21(31)13-29-14-25-19-7-4-3-6-16(19)23(29)32/h3-4,6-7,9-10,12,14H,1-2,5,8,11,13H2,(H,26,31). The number of benzene rings is 2. The molecule has 1 aliphatic heterocycles. The Kier molecular flexibility index (Phi) is 5.22. The van der Waals surface area contributed by atoms with Crippen molar-refractivity contribution < 1.29 is 9.18 Å². The highest BCUT2D eigenvalue weighted by atomic mass is 19.1. The number of aromatic nitrogens is 5. The number of anilines is 1. The van der Waals surface area contributed by atoms with Gasteiger partial charge in [-0.25, -0.2) is 9.37 Å². The third-order valence-corrected chi connectivity index (χ3v) is 5.65. The van der Waals surface area contributed by atoms with Crippen LogP contribution in [0.5, 0.6) is 0 Å². The van der Waals surface area contributed by atoms with Gasteiger partial charge in [0.2, 0.25) is 5.91 Å². The van der Waals surface area contributed by atoms with Gasteiger partial charge in [0.1, 0.15) is 18.2 Å². The van der Waals surface area contributed by atoms with Crippen LogP contribution in [0.15, 0.2) is 53.6 Å². The van der Waals surface area contributed by atoms with E-state index in [1.165, 1.54) is 23.0 Å². The molecule has 0 aliphatic carbocycles. The Morgan fingerprint density at radius 3 is 2.88 bits per heavy atom. The molecule has 0 bridgehead atoms. The number of hydrogen-bond donors (Lipinski definition) is 1. The van der Waals surface area contributed by atoms with Gasteiger partial charge in [-0.3, -0.25) is 14.2 Å². The lowest BCUT2D eigenvalue weighted by molar-refractivity contribution is -0.116. The van der Waals surface area contributed by atoms with E-state index in [4.69, 9.17) is 0 Å². The zero-order valence-corrected chi connectivity index (χ0v) is 17.3. The van der Waals surface area contributed by atoms with Crippen LogP contribution in [0.3, 0.4) is 0 Å². The average molecular weight is 432 g/mol. The summed E-state index contributed by atoms with van der Waals surface area (Å²) in [6.07, 6.45) is 5.31. The van der Waals surface area contributed by atoms with E-state index < -0.39 is 11.7 Å². The molecule has 1 aliphatic rings. The molecule has 0 spiro atoms. The maximum atomic E-state index is 14.6. The van der Waals surface area contributed by atoms with Crippen molar-refractivity contribution in [3.8, 4) is 11.4 Å². The van der Waals surface area contributed by atoms with E-state index in [0.717, 1.165) is 38.1 Å². The van der Waals surface area contributed by atoms with E-state index in [-0.39, 0.29) is 17.7 Å². The SMILES string of the molecule is O=C(Cn1cnc2ccccc2c1=O)Nc1ccc(F)c(-c2nnc3n2CCCCC3)c1. The molecule has 4 aromatic rings. The number of hydrogen-bond acceptors (Lipinski definition) is 5. The Bertz CT molecular complexity index is 1380. The minimum absolute atomic E-state index is 0.205. The maximum Gasteiger partial charge on any atom is 0.261 e. The van der Waals surface area contributed by atoms with Gasteiger partial charge >= 0.3 is 0 Å². The third-order valence-electron chi connectivity index (χ3n) is 5.65. The first kappa shape index (κ1) is 20.0. The molecule has 32 heavy (non-hydrogen) atoms. The highest BCUT2D eigenvalue weighted by Crippen LogP contribution is 2.27. The van der Waals surface area contributed by atoms with Gasteiger partial charge in [-0.1, -0.05) is 18.6 Å². The minimum atomic E-state index is -0.433. The number of carbonyl (C=O) groups is 1. The van der Waals surface area contributed by atoms with Crippen LogP contribution in [0.4, 0.5) is 10.1 Å². The topological polar surface area (TPSA) is 94.7 Å². The van der Waals surface area contributed by atoms with E-state index in [1.807, 2.05) is 4.57 Å². The molecule has 5 rings (SSSR count). The van der Waals surface area contributed by atoms with Gasteiger partial charge in [-0.15, -0.1) is 10.2 Å². The number of halogens is 1. The molecule has 0 fully saturated rings. The number of amides is 1. The number of nitrogens with one attached hydrogen (secondary N) is 1. The van der Waals surface area contributed by atoms with E-state index in [1.54, 1.807) is 30.3 Å². The lowest BCUT2D eigenvalue weighted by Crippen LogP contribution is -2.27. The van der Waals surface area contributed by atoms with Crippen molar-refractivity contribution in [3.63, 3.8) is 0 Å². The summed E-state index contributed by atoms with van der Waals surface area (Å²) in [5.41, 5.74) is 0.980. The van der Waals surface area contributed by atoms with Crippen molar-refractivity contribution in [2.24, 2.45) is 0 Å². The molecule has 1 amide bonds. The number of carbonyl (C=O) groups excluding carboxylic acids is 1. The fraction of sp³-hybridized carbons (Fsp3) is 0.261. The Morgan fingerprint density at radius 2 is 1.97 bits per heavy atom. The Balaban J connectivity index is 1.39. The molecule has 2 aromatic heterocycles. The third kappa shape index (κ3) is 3.77. The van der Waals surface area contributed by atoms with Crippen molar-refractivity contribution in [1.29, 1.82) is 0 Å². The summed E-state index contributed by atoms with van der Waals surface area (Å²) in [4.78, 5) is 29.4. The predicted molar refractivity (Wildman–Crippen MR) is 118 cm³/mol. The molecule has 9 heteroatoms. The Morgan fingerprint density at radius 1 is 1.09 bits per heavy atom. The first-order valence-electron chi connectivity index (χ1n) is 10.6. The van der Waals surface area contributed by atoms with Crippen molar-refractivity contribution in [2.45, 2.75) is 38.8 Å². The van der Waals surface area contributed by atoms with Crippen molar-refractivity contribution >= 4 is 22.5 Å². The molecule has 0 saturated carbocycles. The summed E-state index contributed by atoms with van der Waals surface area (Å²) in [7, 11) is 0. The smallest absolute Gasteiger partial charge is 0.261 e. The van der Waals surface area contributed by atoms with Crippen molar-refractivity contribution in [3.05, 3.63) is 70.8 Å². The van der Waals surface area contributed by atoms with Crippen LogP contribution in [0, 0.1) is 5.82 Å². The minimum Gasteiger partial charge on any atom is -0.325 e. The predicted octanol–water partition coefficient (Wildman–Crippen LogP) is 3.16. The van der Waals surface area contributed by atoms with Gasteiger partial charge in [0.25, 0.3) is 5.56 Å². The zero-order chi connectivity index (χ0) is 22.1. The number of para-hydroxylation sites is 1. The molecule has 162 valence electrons. The number of rotatable bonds is 4. The maximum absolute atomic E-state index is 14.6.